The van der Waals surface area contributed by atoms with E-state index in [-0.39, 0.29) is 11.9 Å². The molecule has 0 saturated heterocycles. The Kier molecular flexibility index (Phi) is 6.59. The van der Waals surface area contributed by atoms with Gasteiger partial charge in [-0.05, 0) is 49.8 Å². The molecule has 0 heterocycles. The third kappa shape index (κ3) is 5.89. The van der Waals surface area contributed by atoms with E-state index in [1.165, 1.54) is 0 Å². The van der Waals surface area contributed by atoms with Crippen molar-refractivity contribution in [3.05, 3.63) is 29.3 Å². The minimum Gasteiger partial charge on any atom is -0.354 e. The van der Waals surface area contributed by atoms with Crippen LogP contribution < -0.4 is 16.0 Å². The Morgan fingerprint density at radius 1 is 1.37 bits per heavy atom. The fourth-order valence-corrected chi connectivity index (χ4v) is 1.78. The van der Waals surface area contributed by atoms with Gasteiger partial charge in [-0.1, -0.05) is 18.5 Å². The molecule has 1 amide bonds. The number of benzene rings is 1. The van der Waals surface area contributed by atoms with Crippen molar-refractivity contribution in [1.29, 1.82) is 0 Å². The van der Waals surface area contributed by atoms with E-state index in [0.717, 1.165) is 12.1 Å². The number of halogens is 1. The van der Waals surface area contributed by atoms with Gasteiger partial charge in [-0.2, -0.15) is 0 Å². The molecular formula is C13H18ClN3OS. The van der Waals surface area contributed by atoms with Crippen molar-refractivity contribution in [2.75, 3.05) is 11.9 Å². The molecule has 104 valence electrons. The molecule has 4 nitrogen and oxygen atoms in total. The molecular weight excluding hydrogens is 282 g/mol. The summed E-state index contributed by atoms with van der Waals surface area (Å²) in [6.07, 6.45) is 0.909. The van der Waals surface area contributed by atoms with E-state index in [1.807, 2.05) is 19.1 Å². The Hall–Kier alpha value is -1.33. The summed E-state index contributed by atoms with van der Waals surface area (Å²) in [5.74, 6) is -0.0675. The van der Waals surface area contributed by atoms with Crippen molar-refractivity contribution < 1.29 is 4.79 Å². The van der Waals surface area contributed by atoms with Crippen LogP contribution in [0.1, 0.15) is 20.3 Å². The van der Waals surface area contributed by atoms with Crippen molar-refractivity contribution in [3.63, 3.8) is 0 Å². The van der Waals surface area contributed by atoms with Crippen LogP contribution in [-0.4, -0.2) is 23.6 Å². The van der Waals surface area contributed by atoms with E-state index in [1.54, 1.807) is 19.1 Å². The van der Waals surface area contributed by atoms with E-state index >= 15 is 0 Å². The van der Waals surface area contributed by atoms with Gasteiger partial charge >= 0.3 is 0 Å². The molecule has 0 aromatic heterocycles. The highest BCUT2D eigenvalue weighted by Crippen LogP contribution is 2.13. The first-order chi connectivity index (χ1) is 9.02. The molecule has 0 aliphatic rings. The van der Waals surface area contributed by atoms with Crippen LogP contribution in [0.3, 0.4) is 0 Å². The predicted molar refractivity (Wildman–Crippen MR) is 83.6 cm³/mol. The molecule has 0 radical (unpaired) electrons. The number of thiocarbonyl (C=S) groups is 1. The molecule has 1 rings (SSSR count). The van der Waals surface area contributed by atoms with E-state index in [9.17, 15) is 4.79 Å². The Labute approximate surface area is 123 Å². The number of anilines is 1. The van der Waals surface area contributed by atoms with Crippen molar-refractivity contribution in [2.24, 2.45) is 0 Å². The highest BCUT2D eigenvalue weighted by atomic mass is 35.5. The van der Waals surface area contributed by atoms with Crippen LogP contribution in [0.25, 0.3) is 0 Å². The highest BCUT2D eigenvalue weighted by Gasteiger charge is 2.12. The summed E-state index contributed by atoms with van der Waals surface area (Å²) in [7, 11) is 0. The average Bonchev–Trinajstić information content (AvgIpc) is 2.38. The summed E-state index contributed by atoms with van der Waals surface area (Å²) in [4.78, 5) is 11.7. The van der Waals surface area contributed by atoms with E-state index < -0.39 is 0 Å². The third-order valence-corrected chi connectivity index (χ3v) is 2.86. The Balaban J connectivity index is 2.42. The van der Waals surface area contributed by atoms with Gasteiger partial charge in [0.05, 0.1) is 0 Å². The molecule has 1 aromatic rings. The van der Waals surface area contributed by atoms with Gasteiger partial charge in [-0.25, -0.2) is 0 Å². The monoisotopic (exact) mass is 299 g/mol. The van der Waals surface area contributed by atoms with Crippen LogP contribution in [0.15, 0.2) is 24.3 Å². The smallest absolute Gasteiger partial charge is 0.242 e. The lowest BCUT2D eigenvalue weighted by Crippen LogP contribution is -2.46. The van der Waals surface area contributed by atoms with E-state index in [4.69, 9.17) is 23.8 Å². The molecule has 19 heavy (non-hydrogen) atoms. The van der Waals surface area contributed by atoms with Crippen LogP contribution in [0.5, 0.6) is 0 Å². The molecule has 0 bridgehead atoms. The lowest BCUT2D eigenvalue weighted by molar-refractivity contribution is -0.122. The molecule has 1 atom stereocenters. The summed E-state index contributed by atoms with van der Waals surface area (Å²) < 4.78 is 0. The maximum atomic E-state index is 11.7. The number of hydrogen-bond acceptors (Lipinski definition) is 2. The molecule has 0 fully saturated rings. The number of nitrogens with one attached hydrogen (secondary N) is 3. The topological polar surface area (TPSA) is 53.2 Å². The normalized spacial score (nSPS) is 11.5. The summed E-state index contributed by atoms with van der Waals surface area (Å²) in [6, 6.07) is 6.79. The van der Waals surface area contributed by atoms with Crippen molar-refractivity contribution in [1.82, 2.24) is 10.6 Å². The van der Waals surface area contributed by atoms with Gasteiger partial charge in [0.25, 0.3) is 0 Å². The van der Waals surface area contributed by atoms with Gasteiger partial charge in [0.15, 0.2) is 5.11 Å². The van der Waals surface area contributed by atoms with Gasteiger partial charge < -0.3 is 16.0 Å². The van der Waals surface area contributed by atoms with Gasteiger partial charge in [0.1, 0.15) is 6.04 Å². The molecule has 1 aromatic carbocycles. The van der Waals surface area contributed by atoms with Gasteiger partial charge in [-0.3, -0.25) is 4.79 Å². The second kappa shape index (κ2) is 7.96. The minimum absolute atomic E-state index is 0.0675. The lowest BCUT2D eigenvalue weighted by atomic mass is 10.3. The third-order valence-electron chi connectivity index (χ3n) is 2.39. The van der Waals surface area contributed by atoms with Gasteiger partial charge in [0.2, 0.25) is 5.91 Å². The average molecular weight is 300 g/mol. The number of rotatable bonds is 5. The first kappa shape index (κ1) is 15.7. The quantitative estimate of drug-likeness (QED) is 0.732. The summed E-state index contributed by atoms with van der Waals surface area (Å²) in [6.45, 7) is 4.44. The zero-order chi connectivity index (χ0) is 14.3. The molecule has 0 spiro atoms. The molecule has 0 saturated carbocycles. The number of amides is 1. The molecule has 6 heteroatoms. The minimum atomic E-state index is -0.376. The molecule has 0 aliphatic carbocycles. The predicted octanol–water partition coefficient (Wildman–Crippen LogP) is 2.54. The fourth-order valence-electron chi connectivity index (χ4n) is 1.36. The second-order valence-corrected chi connectivity index (χ2v) is 4.96. The number of hydrogen-bond donors (Lipinski definition) is 3. The van der Waals surface area contributed by atoms with Crippen LogP contribution in [0.2, 0.25) is 5.02 Å². The van der Waals surface area contributed by atoms with Crippen LogP contribution in [-0.2, 0) is 4.79 Å². The maximum Gasteiger partial charge on any atom is 0.242 e. The van der Waals surface area contributed by atoms with Crippen molar-refractivity contribution in [3.8, 4) is 0 Å². The Morgan fingerprint density at radius 2 is 2.00 bits per heavy atom. The van der Waals surface area contributed by atoms with Gasteiger partial charge in [0, 0.05) is 17.3 Å². The zero-order valence-electron chi connectivity index (χ0n) is 11.0. The fraction of sp³-hybridized carbons (Fsp3) is 0.385. The zero-order valence-corrected chi connectivity index (χ0v) is 12.6. The molecule has 0 aliphatic heterocycles. The van der Waals surface area contributed by atoms with Crippen LogP contribution >= 0.6 is 23.8 Å². The second-order valence-electron chi connectivity index (χ2n) is 4.12. The van der Waals surface area contributed by atoms with Crippen LogP contribution in [0, 0.1) is 0 Å². The summed E-state index contributed by atoms with van der Waals surface area (Å²) in [5.41, 5.74) is 0.822. The maximum absolute atomic E-state index is 11.7. The Bertz CT molecular complexity index is 436. The SMILES string of the molecule is CCCNC(=O)[C@H](C)NC(=S)Nc1ccc(Cl)cc1. The summed E-state index contributed by atoms with van der Waals surface area (Å²) in [5, 5.41) is 9.79. The first-order valence-corrected chi connectivity index (χ1v) is 6.92. The van der Waals surface area contributed by atoms with Crippen LogP contribution in [0.4, 0.5) is 5.69 Å². The van der Waals surface area contributed by atoms with E-state index in [0.29, 0.717) is 16.7 Å². The number of carbonyl (C=O) groups is 1. The standard InChI is InChI=1S/C13H18ClN3OS/c1-3-8-15-12(18)9(2)16-13(19)17-11-6-4-10(14)5-7-11/h4-7,9H,3,8H2,1-2H3,(H,15,18)(H2,16,17,19)/t9-/m0/s1. The van der Waals surface area contributed by atoms with E-state index in [2.05, 4.69) is 16.0 Å². The molecule has 3 N–H and O–H groups in total. The van der Waals surface area contributed by atoms with Gasteiger partial charge in [-0.15, -0.1) is 0 Å². The first-order valence-electron chi connectivity index (χ1n) is 6.13. The van der Waals surface area contributed by atoms with Crippen molar-refractivity contribution in [2.45, 2.75) is 26.3 Å². The molecule has 0 unspecified atom stereocenters. The largest absolute Gasteiger partial charge is 0.354 e. The van der Waals surface area contributed by atoms with Crippen molar-refractivity contribution >= 4 is 40.5 Å². The lowest BCUT2D eigenvalue weighted by Gasteiger charge is -2.16. The Morgan fingerprint density at radius 3 is 2.58 bits per heavy atom. The summed E-state index contributed by atoms with van der Waals surface area (Å²) >= 11 is 10.9. The highest BCUT2D eigenvalue weighted by molar-refractivity contribution is 7.80. The number of carbonyl (C=O) groups excluding carboxylic acids is 1.